The van der Waals surface area contributed by atoms with Crippen molar-refractivity contribution >= 4 is 34.4 Å². The average Bonchev–Trinajstić information content (AvgIpc) is 3.17. The van der Waals surface area contributed by atoms with E-state index in [1.165, 1.54) is 0 Å². The molecule has 0 bridgehead atoms. The SMILES string of the molecule is CCc1ccccc1NC(=O)CSC(=O)CNC(=O)[C@@H](C)Cc1ncc[nH]1. The maximum Gasteiger partial charge on any atom is 0.234 e. The van der Waals surface area contributed by atoms with Crippen molar-refractivity contribution in [1.29, 1.82) is 0 Å². The van der Waals surface area contributed by atoms with Crippen molar-refractivity contribution < 1.29 is 14.4 Å². The van der Waals surface area contributed by atoms with Crippen molar-refractivity contribution in [1.82, 2.24) is 15.3 Å². The molecule has 3 N–H and O–H groups in total. The Morgan fingerprint density at radius 3 is 2.74 bits per heavy atom. The van der Waals surface area contributed by atoms with Crippen LogP contribution in [0.4, 0.5) is 5.69 Å². The molecule has 0 saturated carbocycles. The Bertz CT molecular complexity index is 777. The van der Waals surface area contributed by atoms with Gasteiger partial charge in [-0.05, 0) is 18.1 Å². The molecular weight excluding hydrogens is 364 g/mol. The normalized spacial score (nSPS) is 11.6. The number of nitrogens with zero attached hydrogens (tertiary/aromatic N) is 1. The van der Waals surface area contributed by atoms with Crippen LogP contribution in [0.25, 0.3) is 0 Å². The summed E-state index contributed by atoms with van der Waals surface area (Å²) >= 11 is 0.892. The van der Waals surface area contributed by atoms with Gasteiger partial charge in [0.25, 0.3) is 0 Å². The molecule has 0 fully saturated rings. The quantitative estimate of drug-likeness (QED) is 0.611. The highest BCUT2D eigenvalue weighted by atomic mass is 32.2. The number of H-pyrrole nitrogens is 1. The predicted octanol–water partition coefficient (Wildman–Crippen LogP) is 2.17. The minimum atomic E-state index is -0.303. The number of aromatic nitrogens is 2. The molecule has 1 atom stereocenters. The van der Waals surface area contributed by atoms with Crippen LogP contribution in [0.1, 0.15) is 25.2 Å². The Kier molecular flexibility index (Phi) is 8.06. The Morgan fingerprint density at radius 2 is 2.04 bits per heavy atom. The highest BCUT2D eigenvalue weighted by Gasteiger charge is 2.16. The van der Waals surface area contributed by atoms with E-state index in [9.17, 15) is 14.4 Å². The molecule has 2 aromatic rings. The van der Waals surface area contributed by atoms with Crippen LogP contribution in [0, 0.1) is 5.92 Å². The van der Waals surface area contributed by atoms with E-state index in [-0.39, 0.29) is 35.1 Å². The van der Waals surface area contributed by atoms with Gasteiger partial charge in [0.2, 0.25) is 16.9 Å². The van der Waals surface area contributed by atoms with Gasteiger partial charge in [-0.15, -0.1) is 0 Å². The summed E-state index contributed by atoms with van der Waals surface area (Å²) in [5, 5.41) is 5.16. The van der Waals surface area contributed by atoms with Crippen molar-refractivity contribution in [2.24, 2.45) is 5.92 Å². The number of carbonyl (C=O) groups is 3. The number of rotatable bonds is 9. The van der Waals surface area contributed by atoms with Gasteiger partial charge in [-0.25, -0.2) is 4.98 Å². The van der Waals surface area contributed by atoms with Gasteiger partial charge in [-0.3, -0.25) is 14.4 Å². The third-order valence-corrected chi connectivity index (χ3v) is 4.82. The zero-order valence-electron chi connectivity index (χ0n) is 15.5. The first kappa shape index (κ1) is 20.7. The van der Waals surface area contributed by atoms with E-state index in [1.54, 1.807) is 19.3 Å². The van der Waals surface area contributed by atoms with Gasteiger partial charge in [0, 0.05) is 30.4 Å². The van der Waals surface area contributed by atoms with E-state index in [4.69, 9.17) is 0 Å². The number of amides is 2. The van der Waals surface area contributed by atoms with E-state index in [2.05, 4.69) is 20.6 Å². The zero-order chi connectivity index (χ0) is 19.6. The molecule has 1 heterocycles. The van der Waals surface area contributed by atoms with E-state index < -0.39 is 0 Å². The van der Waals surface area contributed by atoms with Crippen LogP contribution in [-0.2, 0) is 27.2 Å². The maximum absolute atomic E-state index is 12.0. The Morgan fingerprint density at radius 1 is 1.26 bits per heavy atom. The summed E-state index contributed by atoms with van der Waals surface area (Å²) < 4.78 is 0. The first-order valence-electron chi connectivity index (χ1n) is 8.79. The molecule has 8 heteroatoms. The van der Waals surface area contributed by atoms with Crippen LogP contribution < -0.4 is 10.6 Å². The molecule has 0 aliphatic heterocycles. The molecule has 2 rings (SSSR count). The summed E-state index contributed by atoms with van der Waals surface area (Å²) in [7, 11) is 0. The van der Waals surface area contributed by atoms with Crippen LogP contribution >= 0.6 is 11.8 Å². The number of thioether (sulfide) groups is 1. The summed E-state index contributed by atoms with van der Waals surface area (Å²) in [6.45, 7) is 3.68. The Labute approximate surface area is 162 Å². The minimum absolute atomic E-state index is 0.00863. The van der Waals surface area contributed by atoms with Crippen molar-refractivity contribution in [3.05, 3.63) is 48.0 Å². The number of benzene rings is 1. The Hall–Kier alpha value is -2.61. The molecule has 1 aromatic carbocycles. The van der Waals surface area contributed by atoms with Gasteiger partial charge < -0.3 is 15.6 Å². The highest BCUT2D eigenvalue weighted by molar-refractivity contribution is 8.14. The topological polar surface area (TPSA) is 104 Å². The third kappa shape index (κ3) is 6.90. The number of hydrogen-bond donors (Lipinski definition) is 3. The summed E-state index contributed by atoms with van der Waals surface area (Å²) in [5.41, 5.74) is 1.80. The lowest BCUT2D eigenvalue weighted by atomic mass is 10.1. The van der Waals surface area contributed by atoms with Crippen molar-refractivity contribution in [2.45, 2.75) is 26.7 Å². The molecule has 144 valence electrons. The van der Waals surface area contributed by atoms with Gasteiger partial charge in [-0.1, -0.05) is 43.8 Å². The van der Waals surface area contributed by atoms with Crippen LogP contribution in [0.3, 0.4) is 0 Å². The molecule has 2 amide bonds. The number of imidazole rings is 1. The zero-order valence-corrected chi connectivity index (χ0v) is 16.3. The fourth-order valence-corrected chi connectivity index (χ4v) is 3.00. The van der Waals surface area contributed by atoms with E-state index in [1.807, 2.05) is 31.2 Å². The molecule has 0 spiro atoms. The van der Waals surface area contributed by atoms with E-state index in [0.29, 0.717) is 6.42 Å². The fourth-order valence-electron chi connectivity index (χ4n) is 2.46. The second-order valence-corrected chi connectivity index (χ2v) is 7.11. The van der Waals surface area contributed by atoms with Gasteiger partial charge in [0.05, 0.1) is 12.3 Å². The van der Waals surface area contributed by atoms with Gasteiger partial charge in [-0.2, -0.15) is 0 Å². The lowest BCUT2D eigenvalue weighted by molar-refractivity contribution is -0.126. The number of carbonyl (C=O) groups excluding carboxylic acids is 3. The summed E-state index contributed by atoms with van der Waals surface area (Å²) in [5.74, 6) is -0.0343. The van der Waals surface area contributed by atoms with E-state index >= 15 is 0 Å². The van der Waals surface area contributed by atoms with Gasteiger partial charge in [0.1, 0.15) is 5.82 Å². The number of nitrogens with one attached hydrogen (secondary N) is 3. The second kappa shape index (κ2) is 10.5. The molecule has 7 nitrogen and oxygen atoms in total. The highest BCUT2D eigenvalue weighted by Crippen LogP contribution is 2.16. The minimum Gasteiger partial charge on any atom is -0.349 e. The number of aryl methyl sites for hydroxylation is 1. The summed E-state index contributed by atoms with van der Waals surface area (Å²) in [6.07, 6.45) is 4.61. The standard InChI is InChI=1S/C19H24N4O3S/c1-3-14-6-4-5-7-15(14)23-17(24)12-27-18(25)11-22-19(26)13(2)10-16-20-8-9-21-16/h4-9,13H,3,10-12H2,1-2H3,(H,20,21)(H,22,26)(H,23,24)/t13-/m0/s1. The number of hydrogen-bond acceptors (Lipinski definition) is 5. The predicted molar refractivity (Wildman–Crippen MR) is 106 cm³/mol. The van der Waals surface area contributed by atoms with Crippen LogP contribution in [0.5, 0.6) is 0 Å². The second-order valence-electron chi connectivity index (χ2n) is 6.08. The summed E-state index contributed by atoms with van der Waals surface area (Å²) in [4.78, 5) is 43.0. The Balaban J connectivity index is 1.69. The molecule has 0 aliphatic rings. The van der Waals surface area contributed by atoms with Crippen molar-refractivity contribution in [3.8, 4) is 0 Å². The van der Waals surface area contributed by atoms with Crippen molar-refractivity contribution in [2.75, 3.05) is 17.6 Å². The number of para-hydroxylation sites is 1. The average molecular weight is 388 g/mol. The first-order valence-corrected chi connectivity index (χ1v) is 9.77. The summed E-state index contributed by atoms with van der Waals surface area (Å²) in [6, 6.07) is 7.56. The lowest BCUT2D eigenvalue weighted by Gasteiger charge is -2.11. The molecule has 1 aromatic heterocycles. The van der Waals surface area contributed by atoms with Crippen LogP contribution in [0.2, 0.25) is 0 Å². The number of aromatic amines is 1. The largest absolute Gasteiger partial charge is 0.349 e. The molecule has 27 heavy (non-hydrogen) atoms. The monoisotopic (exact) mass is 388 g/mol. The molecule has 0 unspecified atom stereocenters. The van der Waals surface area contributed by atoms with Gasteiger partial charge in [0.15, 0.2) is 0 Å². The molecule has 0 saturated heterocycles. The molecule has 0 radical (unpaired) electrons. The molecule has 0 aliphatic carbocycles. The smallest absolute Gasteiger partial charge is 0.234 e. The van der Waals surface area contributed by atoms with Gasteiger partial charge >= 0.3 is 0 Å². The fraction of sp³-hybridized carbons (Fsp3) is 0.368. The van der Waals surface area contributed by atoms with E-state index in [0.717, 1.165) is 35.3 Å². The third-order valence-electron chi connectivity index (χ3n) is 3.95. The van der Waals surface area contributed by atoms with Crippen molar-refractivity contribution in [3.63, 3.8) is 0 Å². The molecular formula is C19H24N4O3S. The lowest BCUT2D eigenvalue weighted by Crippen LogP contribution is -2.34. The maximum atomic E-state index is 12.0. The first-order chi connectivity index (χ1) is 13.0. The van der Waals surface area contributed by atoms with Crippen LogP contribution in [0.15, 0.2) is 36.7 Å². The van der Waals surface area contributed by atoms with Crippen LogP contribution in [-0.4, -0.2) is 39.2 Å². The number of anilines is 1.